The van der Waals surface area contributed by atoms with Crippen molar-refractivity contribution in [1.82, 2.24) is 25.1 Å². The number of H-pyrrole nitrogens is 1. The summed E-state index contributed by atoms with van der Waals surface area (Å²) in [6, 6.07) is 9.91. The number of benzene rings is 2. The van der Waals surface area contributed by atoms with Crippen LogP contribution in [0.1, 0.15) is 33.6 Å². The number of pyridine rings is 1. The van der Waals surface area contributed by atoms with E-state index in [1.807, 2.05) is 6.07 Å². The average molecular weight is 518 g/mol. The van der Waals surface area contributed by atoms with Crippen molar-refractivity contribution >= 4 is 50.9 Å². The van der Waals surface area contributed by atoms with Gasteiger partial charge in [0, 0.05) is 47.0 Å². The standard InChI is InChI=1S/C24H16Cl2F3N5O/c25-15-4-13-3-12(1-2-20(13)30-8-15)10-34-11-17(22(33-34)23(28)29)24(35)32-7-14-5-16-18(26)9-31-21(16)6-19(14)27/h1-6,8-9,11,23,31H,7,10H2,(H,32,35). The van der Waals surface area contributed by atoms with Gasteiger partial charge in [-0.15, -0.1) is 0 Å². The second-order valence-electron chi connectivity index (χ2n) is 7.92. The topological polar surface area (TPSA) is 75.6 Å². The molecule has 0 spiro atoms. The molecular formula is C24H16Cl2F3N5O. The summed E-state index contributed by atoms with van der Waals surface area (Å²) in [6.07, 6.45) is 1.34. The summed E-state index contributed by atoms with van der Waals surface area (Å²) >= 11 is 12.1. The SMILES string of the molecule is O=C(NCc1cc2c(Cl)c[nH]c2cc1F)c1cn(Cc2ccc3ncc(Cl)cc3c2)nc1C(F)F. The maximum atomic E-state index is 14.4. The molecular weight excluding hydrogens is 502 g/mol. The Balaban J connectivity index is 1.37. The number of hydrogen-bond donors (Lipinski definition) is 2. The number of carbonyl (C=O) groups excluding carboxylic acids is 1. The molecule has 0 fully saturated rings. The summed E-state index contributed by atoms with van der Waals surface area (Å²) < 4.78 is 43.0. The number of aromatic nitrogens is 4. The lowest BCUT2D eigenvalue weighted by Crippen LogP contribution is -2.24. The zero-order chi connectivity index (χ0) is 24.7. The number of halogens is 5. The Kier molecular flexibility index (Phi) is 6.12. The molecule has 178 valence electrons. The van der Waals surface area contributed by atoms with Crippen molar-refractivity contribution in [2.24, 2.45) is 0 Å². The molecule has 2 aromatic carbocycles. The Labute approximate surface area is 206 Å². The van der Waals surface area contributed by atoms with Crippen molar-refractivity contribution in [2.75, 3.05) is 0 Å². The molecule has 0 aliphatic heterocycles. The second-order valence-corrected chi connectivity index (χ2v) is 8.76. The third kappa shape index (κ3) is 4.69. The van der Waals surface area contributed by atoms with Gasteiger partial charge in [0.15, 0.2) is 0 Å². The zero-order valence-corrected chi connectivity index (χ0v) is 19.3. The van der Waals surface area contributed by atoms with E-state index in [-0.39, 0.29) is 24.2 Å². The summed E-state index contributed by atoms with van der Waals surface area (Å²) in [4.78, 5) is 19.8. The van der Waals surface area contributed by atoms with Crippen LogP contribution in [0.2, 0.25) is 10.0 Å². The minimum Gasteiger partial charge on any atom is -0.360 e. The van der Waals surface area contributed by atoms with E-state index >= 15 is 0 Å². The molecule has 0 radical (unpaired) electrons. The molecule has 0 aliphatic rings. The fourth-order valence-electron chi connectivity index (χ4n) is 3.85. The molecule has 0 unspecified atom stereocenters. The van der Waals surface area contributed by atoms with Crippen LogP contribution in [0.5, 0.6) is 0 Å². The van der Waals surface area contributed by atoms with Gasteiger partial charge in [-0.1, -0.05) is 29.3 Å². The lowest BCUT2D eigenvalue weighted by atomic mass is 10.1. The third-order valence-electron chi connectivity index (χ3n) is 5.54. The lowest BCUT2D eigenvalue weighted by Gasteiger charge is -2.07. The quantitative estimate of drug-likeness (QED) is 0.278. The number of rotatable bonds is 6. The molecule has 0 saturated carbocycles. The Hall–Kier alpha value is -3.56. The maximum absolute atomic E-state index is 14.4. The van der Waals surface area contributed by atoms with Crippen molar-refractivity contribution in [3.05, 3.63) is 93.2 Å². The molecule has 0 bridgehead atoms. The van der Waals surface area contributed by atoms with Crippen molar-refractivity contribution in [2.45, 2.75) is 19.5 Å². The van der Waals surface area contributed by atoms with Crippen LogP contribution >= 0.6 is 23.2 Å². The molecule has 5 rings (SSSR count). The van der Waals surface area contributed by atoms with Crippen molar-refractivity contribution in [3.63, 3.8) is 0 Å². The van der Waals surface area contributed by atoms with Gasteiger partial charge >= 0.3 is 0 Å². The van der Waals surface area contributed by atoms with Gasteiger partial charge in [-0.25, -0.2) is 13.2 Å². The van der Waals surface area contributed by atoms with Gasteiger partial charge in [-0.05, 0) is 35.9 Å². The smallest absolute Gasteiger partial charge is 0.282 e. The molecule has 2 N–H and O–H groups in total. The van der Waals surface area contributed by atoms with Gasteiger partial charge in [0.25, 0.3) is 12.3 Å². The highest BCUT2D eigenvalue weighted by atomic mass is 35.5. The van der Waals surface area contributed by atoms with Crippen molar-refractivity contribution in [1.29, 1.82) is 0 Å². The highest BCUT2D eigenvalue weighted by Crippen LogP contribution is 2.26. The number of fused-ring (bicyclic) bond motifs is 2. The van der Waals surface area contributed by atoms with Crippen LogP contribution in [-0.2, 0) is 13.1 Å². The number of hydrogen-bond acceptors (Lipinski definition) is 3. The predicted molar refractivity (Wildman–Crippen MR) is 127 cm³/mol. The molecule has 0 atom stereocenters. The predicted octanol–water partition coefficient (Wildman–Crippen LogP) is 6.27. The van der Waals surface area contributed by atoms with E-state index in [0.717, 1.165) is 16.5 Å². The van der Waals surface area contributed by atoms with Crippen molar-refractivity contribution < 1.29 is 18.0 Å². The van der Waals surface area contributed by atoms with Crippen molar-refractivity contribution in [3.8, 4) is 0 Å². The molecule has 6 nitrogen and oxygen atoms in total. The molecule has 0 aliphatic carbocycles. The molecule has 3 aromatic heterocycles. The fourth-order valence-corrected chi connectivity index (χ4v) is 4.23. The van der Waals surface area contributed by atoms with Crippen LogP contribution in [-0.4, -0.2) is 25.7 Å². The second kappa shape index (κ2) is 9.24. The first-order valence-corrected chi connectivity index (χ1v) is 11.2. The summed E-state index contributed by atoms with van der Waals surface area (Å²) in [5.74, 6) is -1.35. The monoisotopic (exact) mass is 517 g/mol. The van der Waals surface area contributed by atoms with Gasteiger partial charge in [0.2, 0.25) is 0 Å². The Bertz CT molecular complexity index is 1580. The summed E-state index contributed by atoms with van der Waals surface area (Å²) in [7, 11) is 0. The normalized spacial score (nSPS) is 11.6. The fraction of sp³-hybridized carbons (Fsp3) is 0.125. The Morgan fingerprint density at radius 1 is 1.17 bits per heavy atom. The van der Waals surface area contributed by atoms with Gasteiger partial charge in [-0.3, -0.25) is 14.5 Å². The first-order chi connectivity index (χ1) is 16.8. The third-order valence-corrected chi connectivity index (χ3v) is 6.06. The maximum Gasteiger partial charge on any atom is 0.282 e. The van der Waals surface area contributed by atoms with E-state index in [4.69, 9.17) is 23.2 Å². The van der Waals surface area contributed by atoms with Gasteiger partial charge < -0.3 is 10.3 Å². The molecule has 3 heterocycles. The Morgan fingerprint density at radius 2 is 2.00 bits per heavy atom. The minimum absolute atomic E-state index is 0.146. The largest absolute Gasteiger partial charge is 0.360 e. The highest BCUT2D eigenvalue weighted by Gasteiger charge is 2.23. The Morgan fingerprint density at radius 3 is 2.80 bits per heavy atom. The number of nitrogens with zero attached hydrogens (tertiary/aromatic N) is 3. The van der Waals surface area contributed by atoms with Crippen LogP contribution in [0, 0.1) is 5.82 Å². The number of carbonyl (C=O) groups is 1. The molecule has 5 aromatic rings. The average Bonchev–Trinajstić information content (AvgIpc) is 3.40. The van der Waals surface area contributed by atoms with E-state index in [9.17, 15) is 18.0 Å². The lowest BCUT2D eigenvalue weighted by molar-refractivity contribution is 0.0936. The first-order valence-electron chi connectivity index (χ1n) is 10.4. The van der Waals surface area contributed by atoms with E-state index in [0.29, 0.717) is 20.9 Å². The van der Waals surface area contributed by atoms with Gasteiger partial charge in [0.1, 0.15) is 11.5 Å². The first kappa shape index (κ1) is 23.2. The summed E-state index contributed by atoms with van der Waals surface area (Å²) in [5, 5.41) is 8.66. The molecule has 35 heavy (non-hydrogen) atoms. The highest BCUT2D eigenvalue weighted by molar-refractivity contribution is 6.35. The number of nitrogens with one attached hydrogen (secondary N) is 2. The van der Waals surface area contributed by atoms with Crippen LogP contribution in [0.3, 0.4) is 0 Å². The molecule has 11 heteroatoms. The van der Waals surface area contributed by atoms with Crippen LogP contribution in [0.15, 0.2) is 55.0 Å². The zero-order valence-electron chi connectivity index (χ0n) is 17.8. The van der Waals surface area contributed by atoms with E-state index in [1.165, 1.54) is 35.4 Å². The number of amides is 1. The number of alkyl halides is 2. The molecule has 0 saturated heterocycles. The summed E-state index contributed by atoms with van der Waals surface area (Å²) in [6.45, 7) is -0.0683. The van der Waals surface area contributed by atoms with Gasteiger partial charge in [-0.2, -0.15) is 5.10 Å². The van der Waals surface area contributed by atoms with Crippen LogP contribution in [0.25, 0.3) is 21.8 Å². The minimum atomic E-state index is -2.97. The van der Waals surface area contributed by atoms with Crippen LogP contribution < -0.4 is 5.32 Å². The number of aromatic amines is 1. The molecule has 1 amide bonds. The summed E-state index contributed by atoms with van der Waals surface area (Å²) in [5.41, 5.74) is 1.23. The van der Waals surface area contributed by atoms with E-state index < -0.39 is 23.8 Å². The van der Waals surface area contributed by atoms with E-state index in [2.05, 4.69) is 20.4 Å². The van der Waals surface area contributed by atoms with Gasteiger partial charge in [0.05, 0.1) is 27.7 Å². The van der Waals surface area contributed by atoms with Crippen LogP contribution in [0.4, 0.5) is 13.2 Å². The van der Waals surface area contributed by atoms with E-state index in [1.54, 1.807) is 18.2 Å².